The molecule has 0 fully saturated rings. The van der Waals surface area contributed by atoms with Crippen molar-refractivity contribution in [3.8, 4) is 5.75 Å². The van der Waals surface area contributed by atoms with Gasteiger partial charge < -0.3 is 10.1 Å². The van der Waals surface area contributed by atoms with Crippen LogP contribution in [0, 0.1) is 0 Å². The lowest BCUT2D eigenvalue weighted by molar-refractivity contribution is -0.118. The van der Waals surface area contributed by atoms with Crippen LogP contribution in [0.25, 0.3) is 0 Å². The molecule has 0 spiro atoms. The number of carbonyl (C=O) groups excluding carboxylic acids is 2. The maximum atomic E-state index is 12.0. The Kier molecular flexibility index (Phi) is 7.20. The van der Waals surface area contributed by atoms with Crippen molar-refractivity contribution in [1.82, 2.24) is 0 Å². The van der Waals surface area contributed by atoms with Gasteiger partial charge in [-0.3, -0.25) is 9.59 Å². The predicted molar refractivity (Wildman–Crippen MR) is 100 cm³/mol. The highest BCUT2D eigenvalue weighted by atomic mass is 16.5. The van der Waals surface area contributed by atoms with Gasteiger partial charge in [0.05, 0.1) is 0 Å². The van der Waals surface area contributed by atoms with Crippen molar-refractivity contribution in [2.24, 2.45) is 0 Å². The molecule has 2 aromatic rings. The Morgan fingerprint density at radius 1 is 0.960 bits per heavy atom. The Bertz CT molecular complexity index is 690. The first-order valence-electron chi connectivity index (χ1n) is 8.77. The summed E-state index contributed by atoms with van der Waals surface area (Å²) in [5.41, 5.74) is 2.69. The van der Waals surface area contributed by atoms with Crippen LogP contribution in [0.2, 0.25) is 0 Å². The third-order valence-electron chi connectivity index (χ3n) is 3.92. The molecule has 0 radical (unpaired) electrons. The smallest absolute Gasteiger partial charge is 0.262 e. The van der Waals surface area contributed by atoms with Crippen molar-refractivity contribution >= 4 is 17.4 Å². The number of ketones is 1. The van der Waals surface area contributed by atoms with Gasteiger partial charge in [0.25, 0.3) is 5.91 Å². The summed E-state index contributed by atoms with van der Waals surface area (Å²) in [6, 6.07) is 14.7. The number of hydrogen-bond acceptors (Lipinski definition) is 3. The fourth-order valence-corrected chi connectivity index (χ4v) is 2.42. The number of unbranched alkanes of at least 4 members (excludes halogenated alkanes) is 1. The summed E-state index contributed by atoms with van der Waals surface area (Å²) < 4.78 is 5.46. The van der Waals surface area contributed by atoms with Crippen LogP contribution in [-0.2, 0) is 11.2 Å². The van der Waals surface area contributed by atoms with Gasteiger partial charge in [-0.1, -0.05) is 32.4 Å². The van der Waals surface area contributed by atoms with E-state index in [2.05, 4.69) is 12.2 Å². The number of amides is 1. The molecule has 4 heteroatoms. The standard InChI is InChI=1S/C21H25NO3/c1-3-5-6-16-7-11-18(12-8-16)22-21(24)15-25-19-13-9-17(10-14-19)20(23)4-2/h7-14H,3-6,15H2,1-2H3,(H,22,24). The molecule has 0 unspecified atom stereocenters. The number of rotatable bonds is 9. The molecule has 0 aliphatic rings. The fraction of sp³-hybridized carbons (Fsp3) is 0.333. The van der Waals surface area contributed by atoms with Crippen LogP contribution >= 0.6 is 0 Å². The second-order valence-electron chi connectivity index (χ2n) is 5.94. The quantitative estimate of drug-likeness (QED) is 0.677. The van der Waals surface area contributed by atoms with Crippen molar-refractivity contribution < 1.29 is 14.3 Å². The lowest BCUT2D eigenvalue weighted by Gasteiger charge is -2.09. The third kappa shape index (κ3) is 6.07. The van der Waals surface area contributed by atoms with Crippen LogP contribution in [0.15, 0.2) is 48.5 Å². The molecule has 0 saturated heterocycles. The molecule has 0 aliphatic heterocycles. The molecule has 1 amide bonds. The Morgan fingerprint density at radius 2 is 1.64 bits per heavy atom. The highest BCUT2D eigenvalue weighted by Gasteiger charge is 2.06. The molecular weight excluding hydrogens is 314 g/mol. The summed E-state index contributed by atoms with van der Waals surface area (Å²) in [5, 5.41) is 2.82. The first kappa shape index (κ1) is 18.7. The molecule has 1 N–H and O–H groups in total. The zero-order valence-corrected chi connectivity index (χ0v) is 14.9. The molecule has 132 valence electrons. The zero-order chi connectivity index (χ0) is 18.1. The Morgan fingerprint density at radius 3 is 2.24 bits per heavy atom. The lowest BCUT2D eigenvalue weighted by Crippen LogP contribution is -2.20. The molecule has 0 saturated carbocycles. The third-order valence-corrected chi connectivity index (χ3v) is 3.92. The summed E-state index contributed by atoms with van der Waals surface area (Å²) >= 11 is 0. The molecule has 25 heavy (non-hydrogen) atoms. The van der Waals surface area contributed by atoms with E-state index in [9.17, 15) is 9.59 Å². The number of Topliss-reactive ketones (excluding diaryl/α,β-unsaturated/α-hetero) is 1. The van der Waals surface area contributed by atoms with Gasteiger partial charge in [-0.05, 0) is 54.8 Å². The highest BCUT2D eigenvalue weighted by Crippen LogP contribution is 2.14. The van der Waals surface area contributed by atoms with Crippen molar-refractivity contribution in [1.29, 1.82) is 0 Å². The average Bonchev–Trinajstić information content (AvgIpc) is 2.65. The van der Waals surface area contributed by atoms with E-state index in [4.69, 9.17) is 4.74 Å². The minimum absolute atomic E-state index is 0.0708. The van der Waals surface area contributed by atoms with E-state index >= 15 is 0 Å². The maximum Gasteiger partial charge on any atom is 0.262 e. The average molecular weight is 339 g/mol. The molecule has 0 heterocycles. The first-order chi connectivity index (χ1) is 12.1. The van der Waals surface area contributed by atoms with E-state index in [1.165, 1.54) is 18.4 Å². The van der Waals surface area contributed by atoms with E-state index in [0.717, 1.165) is 12.1 Å². The van der Waals surface area contributed by atoms with Crippen molar-refractivity contribution in [2.45, 2.75) is 39.5 Å². The molecule has 0 aliphatic carbocycles. The summed E-state index contributed by atoms with van der Waals surface area (Å²) in [4.78, 5) is 23.5. The summed E-state index contributed by atoms with van der Waals surface area (Å²) in [7, 11) is 0. The van der Waals surface area contributed by atoms with Crippen molar-refractivity contribution in [3.05, 3.63) is 59.7 Å². The summed E-state index contributed by atoms with van der Waals surface area (Å²) in [5.74, 6) is 0.444. The van der Waals surface area contributed by atoms with Gasteiger partial charge in [-0.25, -0.2) is 0 Å². The molecule has 0 aromatic heterocycles. The van der Waals surface area contributed by atoms with Crippen LogP contribution in [-0.4, -0.2) is 18.3 Å². The van der Waals surface area contributed by atoms with Crippen molar-refractivity contribution in [3.63, 3.8) is 0 Å². The van der Waals surface area contributed by atoms with Crippen LogP contribution < -0.4 is 10.1 Å². The van der Waals surface area contributed by atoms with E-state index in [1.807, 2.05) is 31.2 Å². The van der Waals surface area contributed by atoms with Gasteiger partial charge in [0.2, 0.25) is 0 Å². The Hall–Kier alpha value is -2.62. The number of nitrogens with one attached hydrogen (secondary N) is 1. The normalized spacial score (nSPS) is 10.3. The van der Waals surface area contributed by atoms with E-state index in [1.54, 1.807) is 24.3 Å². The molecular formula is C21H25NO3. The number of anilines is 1. The minimum atomic E-state index is -0.213. The van der Waals surface area contributed by atoms with Crippen LogP contribution in [0.5, 0.6) is 5.75 Å². The summed E-state index contributed by atoms with van der Waals surface area (Å²) in [6.07, 6.45) is 3.87. The first-order valence-corrected chi connectivity index (χ1v) is 8.77. The van der Waals surface area contributed by atoms with E-state index in [0.29, 0.717) is 17.7 Å². The van der Waals surface area contributed by atoms with Gasteiger partial charge in [0, 0.05) is 17.7 Å². The molecule has 0 atom stereocenters. The largest absolute Gasteiger partial charge is 0.484 e. The fourth-order valence-electron chi connectivity index (χ4n) is 2.42. The second kappa shape index (κ2) is 9.62. The Labute approximate surface area is 149 Å². The van der Waals surface area contributed by atoms with Crippen LogP contribution in [0.4, 0.5) is 5.69 Å². The summed E-state index contributed by atoms with van der Waals surface area (Å²) in [6.45, 7) is 3.93. The zero-order valence-electron chi connectivity index (χ0n) is 14.9. The highest BCUT2D eigenvalue weighted by molar-refractivity contribution is 5.96. The lowest BCUT2D eigenvalue weighted by atomic mass is 10.1. The van der Waals surface area contributed by atoms with Crippen LogP contribution in [0.3, 0.4) is 0 Å². The molecule has 4 nitrogen and oxygen atoms in total. The number of aryl methyl sites for hydroxylation is 1. The van der Waals surface area contributed by atoms with Crippen LogP contribution in [0.1, 0.15) is 49.0 Å². The number of benzene rings is 2. The van der Waals surface area contributed by atoms with Crippen molar-refractivity contribution in [2.75, 3.05) is 11.9 Å². The SMILES string of the molecule is CCCCc1ccc(NC(=O)COc2ccc(C(=O)CC)cc2)cc1. The second-order valence-corrected chi connectivity index (χ2v) is 5.94. The van der Waals surface area contributed by atoms with Gasteiger partial charge in [-0.2, -0.15) is 0 Å². The Balaban J connectivity index is 1.81. The number of hydrogen-bond donors (Lipinski definition) is 1. The maximum absolute atomic E-state index is 12.0. The van der Waals surface area contributed by atoms with E-state index in [-0.39, 0.29) is 18.3 Å². The van der Waals surface area contributed by atoms with Gasteiger partial charge >= 0.3 is 0 Å². The number of ether oxygens (including phenoxy) is 1. The van der Waals surface area contributed by atoms with Gasteiger partial charge in [0.15, 0.2) is 12.4 Å². The van der Waals surface area contributed by atoms with Gasteiger partial charge in [-0.15, -0.1) is 0 Å². The topological polar surface area (TPSA) is 55.4 Å². The molecule has 0 bridgehead atoms. The molecule has 2 rings (SSSR count). The number of carbonyl (C=O) groups is 2. The molecule has 2 aromatic carbocycles. The predicted octanol–water partition coefficient (Wildman–Crippen LogP) is 4.64. The van der Waals surface area contributed by atoms with Gasteiger partial charge in [0.1, 0.15) is 5.75 Å². The van der Waals surface area contributed by atoms with E-state index < -0.39 is 0 Å². The minimum Gasteiger partial charge on any atom is -0.484 e. The monoisotopic (exact) mass is 339 g/mol.